The van der Waals surface area contributed by atoms with Gasteiger partial charge in [-0.25, -0.2) is 4.39 Å². The first-order chi connectivity index (χ1) is 11.6. The second kappa shape index (κ2) is 8.34. The van der Waals surface area contributed by atoms with Crippen molar-refractivity contribution in [3.8, 4) is 5.75 Å². The SMILES string of the molecule is CCN(CC)c1ccc(NC(=O)Cc2ccc(OC)c(F)c2)cc1. The van der Waals surface area contributed by atoms with E-state index < -0.39 is 5.82 Å². The van der Waals surface area contributed by atoms with Crippen LogP contribution in [0.15, 0.2) is 42.5 Å². The number of halogens is 1. The predicted octanol–water partition coefficient (Wildman–Crippen LogP) is 3.86. The fourth-order valence-electron chi connectivity index (χ4n) is 2.55. The Labute approximate surface area is 142 Å². The van der Waals surface area contributed by atoms with Crippen LogP contribution in [-0.4, -0.2) is 26.1 Å². The maximum absolute atomic E-state index is 13.7. The molecule has 0 radical (unpaired) electrons. The van der Waals surface area contributed by atoms with Crippen molar-refractivity contribution in [2.45, 2.75) is 20.3 Å². The van der Waals surface area contributed by atoms with Crippen molar-refractivity contribution in [1.82, 2.24) is 0 Å². The predicted molar refractivity (Wildman–Crippen MR) is 95.3 cm³/mol. The highest BCUT2D eigenvalue weighted by Crippen LogP contribution is 2.20. The van der Waals surface area contributed by atoms with Gasteiger partial charge in [0.2, 0.25) is 5.91 Å². The summed E-state index contributed by atoms with van der Waals surface area (Å²) < 4.78 is 18.5. The van der Waals surface area contributed by atoms with Gasteiger partial charge in [-0.1, -0.05) is 6.07 Å². The van der Waals surface area contributed by atoms with E-state index in [9.17, 15) is 9.18 Å². The molecular formula is C19H23FN2O2. The van der Waals surface area contributed by atoms with Crippen LogP contribution in [0, 0.1) is 5.82 Å². The van der Waals surface area contributed by atoms with Crippen molar-refractivity contribution in [3.05, 3.63) is 53.8 Å². The number of hydrogen-bond donors (Lipinski definition) is 1. The Balaban J connectivity index is 1.98. The monoisotopic (exact) mass is 330 g/mol. The van der Waals surface area contributed by atoms with Crippen molar-refractivity contribution in [2.24, 2.45) is 0 Å². The largest absolute Gasteiger partial charge is 0.494 e. The molecule has 0 aliphatic rings. The first-order valence-electron chi connectivity index (χ1n) is 8.04. The summed E-state index contributed by atoms with van der Waals surface area (Å²) in [6.45, 7) is 6.08. The molecule has 4 nitrogen and oxygen atoms in total. The zero-order valence-corrected chi connectivity index (χ0v) is 14.3. The lowest BCUT2D eigenvalue weighted by Gasteiger charge is -2.21. The van der Waals surface area contributed by atoms with Gasteiger partial charge >= 0.3 is 0 Å². The van der Waals surface area contributed by atoms with Gasteiger partial charge in [-0.2, -0.15) is 0 Å². The van der Waals surface area contributed by atoms with Gasteiger partial charge in [-0.3, -0.25) is 4.79 Å². The van der Waals surface area contributed by atoms with E-state index in [2.05, 4.69) is 24.1 Å². The van der Waals surface area contributed by atoms with Gasteiger partial charge in [-0.05, 0) is 55.8 Å². The first-order valence-corrected chi connectivity index (χ1v) is 8.04. The lowest BCUT2D eigenvalue weighted by molar-refractivity contribution is -0.115. The van der Waals surface area contributed by atoms with Gasteiger partial charge in [0, 0.05) is 24.5 Å². The topological polar surface area (TPSA) is 41.6 Å². The normalized spacial score (nSPS) is 10.3. The van der Waals surface area contributed by atoms with Crippen molar-refractivity contribution in [1.29, 1.82) is 0 Å². The summed E-state index contributed by atoms with van der Waals surface area (Å²) in [5.41, 5.74) is 2.45. The number of nitrogens with one attached hydrogen (secondary N) is 1. The molecule has 2 aromatic rings. The van der Waals surface area contributed by atoms with Crippen LogP contribution >= 0.6 is 0 Å². The van der Waals surface area contributed by atoms with Crippen LogP contribution in [0.1, 0.15) is 19.4 Å². The zero-order chi connectivity index (χ0) is 17.5. The van der Waals surface area contributed by atoms with Gasteiger partial charge in [0.05, 0.1) is 13.5 Å². The van der Waals surface area contributed by atoms with Crippen LogP contribution in [0.4, 0.5) is 15.8 Å². The summed E-state index contributed by atoms with van der Waals surface area (Å²) in [6, 6.07) is 12.2. The van der Waals surface area contributed by atoms with E-state index in [0.29, 0.717) is 5.56 Å². The van der Waals surface area contributed by atoms with E-state index in [0.717, 1.165) is 24.5 Å². The number of anilines is 2. The molecule has 0 aliphatic heterocycles. The molecule has 1 N–H and O–H groups in total. The van der Waals surface area contributed by atoms with Crippen molar-refractivity contribution in [2.75, 3.05) is 30.4 Å². The summed E-state index contributed by atoms with van der Waals surface area (Å²) in [5, 5.41) is 2.83. The molecule has 2 rings (SSSR count). The minimum Gasteiger partial charge on any atom is -0.494 e. The smallest absolute Gasteiger partial charge is 0.228 e. The molecule has 128 valence electrons. The molecule has 0 atom stereocenters. The molecule has 1 amide bonds. The fraction of sp³-hybridized carbons (Fsp3) is 0.316. The van der Waals surface area contributed by atoms with Crippen molar-refractivity contribution < 1.29 is 13.9 Å². The molecule has 0 bridgehead atoms. The zero-order valence-electron chi connectivity index (χ0n) is 14.3. The Morgan fingerprint density at radius 3 is 2.33 bits per heavy atom. The number of hydrogen-bond acceptors (Lipinski definition) is 3. The molecule has 0 saturated heterocycles. The highest BCUT2D eigenvalue weighted by molar-refractivity contribution is 5.92. The number of methoxy groups -OCH3 is 1. The molecule has 0 saturated carbocycles. The van der Waals surface area contributed by atoms with Gasteiger partial charge in [0.25, 0.3) is 0 Å². The lowest BCUT2D eigenvalue weighted by atomic mass is 10.1. The van der Waals surface area contributed by atoms with Gasteiger partial charge in [0.1, 0.15) is 0 Å². The molecule has 0 aromatic heterocycles. The summed E-state index contributed by atoms with van der Waals surface area (Å²) in [7, 11) is 1.41. The number of carbonyl (C=O) groups excluding carboxylic acids is 1. The van der Waals surface area contributed by atoms with Crippen molar-refractivity contribution >= 4 is 17.3 Å². The van der Waals surface area contributed by atoms with Crippen molar-refractivity contribution in [3.63, 3.8) is 0 Å². The van der Waals surface area contributed by atoms with Crippen LogP contribution in [0.3, 0.4) is 0 Å². The second-order valence-corrected chi connectivity index (χ2v) is 5.41. The van der Waals surface area contributed by atoms with E-state index in [4.69, 9.17) is 4.74 Å². The Morgan fingerprint density at radius 1 is 1.12 bits per heavy atom. The standard InChI is InChI=1S/C19H23FN2O2/c1-4-22(5-2)16-9-7-15(8-10-16)21-19(23)13-14-6-11-18(24-3)17(20)12-14/h6-12H,4-5,13H2,1-3H3,(H,21,23). The van der Waals surface area contributed by atoms with Gasteiger partial charge in [-0.15, -0.1) is 0 Å². The molecule has 0 heterocycles. The van der Waals surface area contributed by atoms with Crippen LogP contribution in [0.2, 0.25) is 0 Å². The number of amides is 1. The molecule has 5 heteroatoms. The van der Waals surface area contributed by atoms with Crippen LogP contribution in [-0.2, 0) is 11.2 Å². The lowest BCUT2D eigenvalue weighted by Crippen LogP contribution is -2.21. The molecule has 0 spiro atoms. The van der Waals surface area contributed by atoms with E-state index in [1.54, 1.807) is 6.07 Å². The Kier molecular flexibility index (Phi) is 6.18. The Hall–Kier alpha value is -2.56. The first kappa shape index (κ1) is 17.8. The summed E-state index contributed by atoms with van der Waals surface area (Å²) in [6.07, 6.45) is 0.110. The molecule has 0 fully saturated rings. The fourth-order valence-corrected chi connectivity index (χ4v) is 2.55. The highest BCUT2D eigenvalue weighted by atomic mass is 19.1. The van der Waals surface area contributed by atoms with E-state index >= 15 is 0 Å². The van der Waals surface area contributed by atoms with Crippen LogP contribution in [0.5, 0.6) is 5.75 Å². The summed E-state index contributed by atoms with van der Waals surface area (Å²) >= 11 is 0. The molecule has 0 aliphatic carbocycles. The maximum atomic E-state index is 13.7. The maximum Gasteiger partial charge on any atom is 0.228 e. The van der Waals surface area contributed by atoms with E-state index in [-0.39, 0.29) is 18.1 Å². The van der Waals surface area contributed by atoms with E-state index in [1.165, 1.54) is 19.2 Å². The third-order valence-electron chi connectivity index (χ3n) is 3.86. The Morgan fingerprint density at radius 2 is 1.79 bits per heavy atom. The summed E-state index contributed by atoms with van der Waals surface area (Å²) in [4.78, 5) is 14.3. The number of ether oxygens (including phenoxy) is 1. The number of carbonyl (C=O) groups is 1. The van der Waals surface area contributed by atoms with Gasteiger partial charge < -0.3 is 15.0 Å². The number of rotatable bonds is 7. The Bertz CT molecular complexity index is 682. The molecule has 0 unspecified atom stereocenters. The molecule has 24 heavy (non-hydrogen) atoms. The van der Waals surface area contributed by atoms with E-state index in [1.807, 2.05) is 24.3 Å². The third kappa shape index (κ3) is 4.47. The number of nitrogens with zero attached hydrogens (tertiary/aromatic N) is 1. The highest BCUT2D eigenvalue weighted by Gasteiger charge is 2.08. The quantitative estimate of drug-likeness (QED) is 0.838. The van der Waals surface area contributed by atoms with Crippen LogP contribution in [0.25, 0.3) is 0 Å². The molecule has 2 aromatic carbocycles. The minimum absolute atomic E-state index is 0.110. The van der Waals surface area contributed by atoms with Crippen LogP contribution < -0.4 is 15.0 Å². The average molecular weight is 330 g/mol. The number of benzene rings is 2. The minimum atomic E-state index is -0.466. The summed E-state index contributed by atoms with van der Waals surface area (Å²) in [5.74, 6) is -0.479. The van der Waals surface area contributed by atoms with Gasteiger partial charge in [0.15, 0.2) is 11.6 Å². The second-order valence-electron chi connectivity index (χ2n) is 5.41. The molecular weight excluding hydrogens is 307 g/mol. The average Bonchev–Trinajstić information content (AvgIpc) is 2.57. The third-order valence-corrected chi connectivity index (χ3v) is 3.86.